The number of benzene rings is 1. The van der Waals surface area contributed by atoms with Crippen LogP contribution in [0.3, 0.4) is 0 Å². The molecule has 3 heterocycles. The van der Waals surface area contributed by atoms with Gasteiger partial charge in [0.05, 0.1) is 10.6 Å². The summed E-state index contributed by atoms with van der Waals surface area (Å²) < 4.78 is 2.02. The summed E-state index contributed by atoms with van der Waals surface area (Å²) in [6.07, 6.45) is 4.76. The van der Waals surface area contributed by atoms with Gasteiger partial charge in [0.2, 0.25) is 0 Å². The number of para-hydroxylation sites is 1. The van der Waals surface area contributed by atoms with Gasteiger partial charge in [-0.2, -0.15) is 5.10 Å². The number of piperidine rings is 1. The number of hydrogen-bond acceptors (Lipinski definition) is 4. The van der Waals surface area contributed by atoms with Crippen molar-refractivity contribution < 1.29 is 0 Å². The van der Waals surface area contributed by atoms with Gasteiger partial charge in [0.1, 0.15) is 5.69 Å². The monoisotopic (exact) mass is 402 g/mol. The third-order valence-electron chi connectivity index (χ3n) is 5.03. The Balaban J connectivity index is 0.00000210. The molecule has 0 radical (unpaired) electrons. The van der Waals surface area contributed by atoms with Crippen molar-refractivity contribution in [2.24, 2.45) is 5.92 Å². The van der Waals surface area contributed by atoms with E-state index in [-0.39, 0.29) is 12.4 Å². The van der Waals surface area contributed by atoms with Gasteiger partial charge in [-0.05, 0) is 62.5 Å². The van der Waals surface area contributed by atoms with Gasteiger partial charge in [0.25, 0.3) is 0 Å². The van der Waals surface area contributed by atoms with Gasteiger partial charge in [-0.15, -0.1) is 23.7 Å². The van der Waals surface area contributed by atoms with Crippen molar-refractivity contribution in [3.8, 4) is 16.3 Å². The SMILES string of the molecule is CN(Cc1cn(-c2ccccc2)nc1-c1cccs1)CC1CCNCC1.Cl. The molecule has 1 aliphatic rings. The van der Waals surface area contributed by atoms with Crippen LogP contribution in [0.1, 0.15) is 18.4 Å². The molecule has 1 aromatic carbocycles. The maximum atomic E-state index is 4.91. The van der Waals surface area contributed by atoms with Crippen LogP contribution in [0.2, 0.25) is 0 Å². The average Bonchev–Trinajstić information content (AvgIpc) is 3.33. The first-order valence-corrected chi connectivity index (χ1v) is 10.2. The molecule has 3 aromatic rings. The number of thiophene rings is 1. The predicted octanol–water partition coefficient (Wildman–Crippen LogP) is 4.45. The van der Waals surface area contributed by atoms with Crippen molar-refractivity contribution >= 4 is 23.7 Å². The third-order valence-corrected chi connectivity index (χ3v) is 5.91. The van der Waals surface area contributed by atoms with Crippen molar-refractivity contribution in [2.75, 3.05) is 26.7 Å². The Labute approximate surface area is 171 Å². The normalized spacial score (nSPS) is 15.0. The maximum Gasteiger partial charge on any atom is 0.107 e. The number of nitrogens with zero attached hydrogens (tertiary/aromatic N) is 3. The van der Waals surface area contributed by atoms with Gasteiger partial charge in [0, 0.05) is 24.8 Å². The van der Waals surface area contributed by atoms with E-state index in [2.05, 4.69) is 65.2 Å². The summed E-state index contributed by atoms with van der Waals surface area (Å²) in [5.74, 6) is 0.801. The molecule has 0 atom stereocenters. The highest BCUT2D eigenvalue weighted by molar-refractivity contribution is 7.13. The fourth-order valence-corrected chi connectivity index (χ4v) is 4.46. The van der Waals surface area contributed by atoms with Crippen molar-refractivity contribution in [3.05, 3.63) is 59.6 Å². The zero-order valence-corrected chi connectivity index (χ0v) is 17.3. The van der Waals surface area contributed by atoms with Crippen LogP contribution < -0.4 is 5.32 Å². The molecular weight excluding hydrogens is 376 g/mol. The Bertz CT molecular complexity index is 810. The van der Waals surface area contributed by atoms with Crippen LogP contribution in [0.4, 0.5) is 0 Å². The average molecular weight is 403 g/mol. The number of hydrogen-bond donors (Lipinski definition) is 1. The number of halogens is 1. The lowest BCUT2D eigenvalue weighted by Gasteiger charge is -2.27. The van der Waals surface area contributed by atoms with E-state index in [0.717, 1.165) is 43.5 Å². The van der Waals surface area contributed by atoms with E-state index in [1.807, 2.05) is 10.7 Å². The first-order chi connectivity index (χ1) is 12.8. The fraction of sp³-hybridized carbons (Fsp3) is 0.381. The fourth-order valence-electron chi connectivity index (χ4n) is 3.72. The highest BCUT2D eigenvalue weighted by Crippen LogP contribution is 2.28. The van der Waals surface area contributed by atoms with Crippen LogP contribution in [-0.2, 0) is 6.54 Å². The standard InChI is InChI=1S/C21H26N4S.ClH/c1-24(14-17-9-11-22-12-10-17)15-18-16-25(19-6-3-2-4-7-19)23-21(18)20-8-5-13-26-20;/h2-8,13,16-17,22H,9-12,14-15H2,1H3;1H. The Kier molecular flexibility index (Phi) is 7.07. The topological polar surface area (TPSA) is 33.1 Å². The molecular formula is C21H27ClN4S. The van der Waals surface area contributed by atoms with Crippen LogP contribution in [0.25, 0.3) is 16.3 Å². The minimum absolute atomic E-state index is 0. The Morgan fingerprint density at radius 3 is 2.63 bits per heavy atom. The van der Waals surface area contributed by atoms with E-state index in [1.54, 1.807) is 11.3 Å². The molecule has 0 saturated carbocycles. The van der Waals surface area contributed by atoms with E-state index < -0.39 is 0 Å². The van der Waals surface area contributed by atoms with Gasteiger partial charge in [-0.3, -0.25) is 0 Å². The summed E-state index contributed by atoms with van der Waals surface area (Å²) in [7, 11) is 2.24. The summed E-state index contributed by atoms with van der Waals surface area (Å²) in [4.78, 5) is 3.70. The first-order valence-electron chi connectivity index (χ1n) is 9.37. The molecule has 1 saturated heterocycles. The van der Waals surface area contributed by atoms with Gasteiger partial charge in [-0.25, -0.2) is 4.68 Å². The number of rotatable bonds is 6. The molecule has 1 N–H and O–H groups in total. The Hall–Kier alpha value is -1.66. The van der Waals surface area contributed by atoms with Gasteiger partial charge in [-0.1, -0.05) is 24.3 Å². The van der Waals surface area contributed by atoms with Crippen molar-refractivity contribution in [1.29, 1.82) is 0 Å². The molecule has 144 valence electrons. The van der Waals surface area contributed by atoms with E-state index in [0.29, 0.717) is 0 Å². The Morgan fingerprint density at radius 2 is 1.93 bits per heavy atom. The maximum absolute atomic E-state index is 4.91. The van der Waals surface area contributed by atoms with Crippen molar-refractivity contribution in [3.63, 3.8) is 0 Å². The molecule has 27 heavy (non-hydrogen) atoms. The summed E-state index contributed by atoms with van der Waals surface area (Å²) in [6.45, 7) is 4.40. The number of aromatic nitrogens is 2. The third kappa shape index (κ3) is 4.99. The zero-order chi connectivity index (χ0) is 17.8. The lowest BCUT2D eigenvalue weighted by atomic mass is 9.97. The van der Waals surface area contributed by atoms with E-state index in [4.69, 9.17) is 5.10 Å². The lowest BCUT2D eigenvalue weighted by molar-refractivity contribution is 0.235. The van der Waals surface area contributed by atoms with Crippen LogP contribution in [0.15, 0.2) is 54.0 Å². The second-order valence-electron chi connectivity index (χ2n) is 7.15. The molecule has 4 rings (SSSR count). The van der Waals surface area contributed by atoms with Crippen molar-refractivity contribution in [2.45, 2.75) is 19.4 Å². The lowest BCUT2D eigenvalue weighted by Crippen LogP contribution is -2.34. The summed E-state index contributed by atoms with van der Waals surface area (Å²) in [5.41, 5.74) is 3.52. The van der Waals surface area contributed by atoms with Crippen LogP contribution >= 0.6 is 23.7 Å². The van der Waals surface area contributed by atoms with Gasteiger partial charge >= 0.3 is 0 Å². The summed E-state index contributed by atoms with van der Waals surface area (Å²) >= 11 is 1.76. The summed E-state index contributed by atoms with van der Waals surface area (Å²) in [6, 6.07) is 14.6. The molecule has 1 aliphatic heterocycles. The van der Waals surface area contributed by atoms with E-state index >= 15 is 0 Å². The predicted molar refractivity (Wildman–Crippen MR) is 116 cm³/mol. The molecule has 0 bridgehead atoms. The molecule has 4 nitrogen and oxygen atoms in total. The Morgan fingerprint density at radius 1 is 1.15 bits per heavy atom. The minimum atomic E-state index is 0. The molecule has 0 spiro atoms. The highest BCUT2D eigenvalue weighted by atomic mass is 35.5. The smallest absolute Gasteiger partial charge is 0.107 e. The minimum Gasteiger partial charge on any atom is -0.317 e. The molecule has 0 aliphatic carbocycles. The van der Waals surface area contributed by atoms with Gasteiger partial charge < -0.3 is 10.2 Å². The summed E-state index contributed by atoms with van der Waals surface area (Å²) in [5, 5.41) is 10.5. The van der Waals surface area contributed by atoms with Crippen LogP contribution in [0.5, 0.6) is 0 Å². The molecule has 6 heteroatoms. The second kappa shape index (κ2) is 9.51. The molecule has 0 amide bonds. The molecule has 2 aromatic heterocycles. The van der Waals surface area contributed by atoms with E-state index in [9.17, 15) is 0 Å². The van der Waals surface area contributed by atoms with Gasteiger partial charge in [0.15, 0.2) is 0 Å². The van der Waals surface area contributed by atoms with Crippen LogP contribution in [-0.4, -0.2) is 41.4 Å². The highest BCUT2D eigenvalue weighted by Gasteiger charge is 2.18. The second-order valence-corrected chi connectivity index (χ2v) is 8.10. The quantitative estimate of drug-likeness (QED) is 0.661. The number of nitrogens with one attached hydrogen (secondary N) is 1. The zero-order valence-electron chi connectivity index (χ0n) is 15.7. The van der Waals surface area contributed by atoms with E-state index in [1.165, 1.54) is 23.3 Å². The molecule has 0 unspecified atom stereocenters. The largest absolute Gasteiger partial charge is 0.317 e. The van der Waals surface area contributed by atoms with Crippen LogP contribution in [0, 0.1) is 5.92 Å². The molecule has 1 fully saturated rings. The first kappa shape index (κ1) is 20.1. The van der Waals surface area contributed by atoms with Crippen molar-refractivity contribution in [1.82, 2.24) is 20.0 Å².